The van der Waals surface area contributed by atoms with Gasteiger partial charge in [-0.15, -0.1) is 0 Å². The third-order valence-electron chi connectivity index (χ3n) is 8.71. The van der Waals surface area contributed by atoms with Gasteiger partial charge < -0.3 is 33.2 Å². The summed E-state index contributed by atoms with van der Waals surface area (Å²) in [5, 5.41) is 0. The van der Waals surface area contributed by atoms with E-state index in [4.69, 9.17) is 33.2 Å². The van der Waals surface area contributed by atoms with E-state index in [1.165, 1.54) is 128 Å². The SMILES string of the molecule is CCCCCCCCCCCCCC(OCC)=C(COCOCOCC(OCC)=C(CCCCCCCCCCCCC)OCC)OCC. The molecule has 7 heteroatoms. The van der Waals surface area contributed by atoms with Crippen molar-refractivity contribution in [3.05, 3.63) is 23.0 Å². The number of hydrogen-bond acceptors (Lipinski definition) is 7. The van der Waals surface area contributed by atoms with Crippen LogP contribution in [-0.4, -0.2) is 53.2 Å². The molecule has 0 bridgehead atoms. The molecule has 0 aromatic rings. The topological polar surface area (TPSA) is 64.6 Å². The summed E-state index contributed by atoms with van der Waals surface area (Å²) in [4.78, 5) is 0. The second-order valence-corrected chi connectivity index (χ2v) is 13.1. The van der Waals surface area contributed by atoms with Crippen molar-refractivity contribution in [2.45, 2.75) is 196 Å². The molecule has 0 aliphatic carbocycles. The Balaban J connectivity index is 4.44. The molecule has 0 saturated carbocycles. The first-order valence-corrected chi connectivity index (χ1v) is 20.9. The Morgan fingerprint density at radius 1 is 0.286 bits per heavy atom. The number of unbranched alkanes of at least 4 members (excludes halogenated alkanes) is 20. The third kappa shape index (κ3) is 31.1. The molecule has 0 atom stereocenters. The van der Waals surface area contributed by atoms with Crippen LogP contribution in [0, 0.1) is 0 Å². The van der Waals surface area contributed by atoms with E-state index >= 15 is 0 Å². The summed E-state index contributed by atoms with van der Waals surface area (Å²) >= 11 is 0. The first kappa shape index (κ1) is 47.6. The average molecular weight is 699 g/mol. The molecular formula is C42H82O7. The van der Waals surface area contributed by atoms with E-state index in [1.807, 2.05) is 27.7 Å². The second-order valence-electron chi connectivity index (χ2n) is 13.1. The minimum atomic E-state index is 0.110. The van der Waals surface area contributed by atoms with E-state index < -0.39 is 0 Å². The lowest BCUT2D eigenvalue weighted by molar-refractivity contribution is -0.131. The maximum absolute atomic E-state index is 5.99. The summed E-state index contributed by atoms with van der Waals surface area (Å²) in [6, 6.07) is 0. The molecule has 0 aromatic carbocycles. The van der Waals surface area contributed by atoms with Gasteiger partial charge in [0.25, 0.3) is 0 Å². The lowest BCUT2D eigenvalue weighted by atomic mass is 10.0. The van der Waals surface area contributed by atoms with E-state index in [0.717, 1.165) is 48.7 Å². The second kappa shape index (κ2) is 39.3. The molecule has 0 fully saturated rings. The van der Waals surface area contributed by atoms with Crippen LogP contribution in [0.5, 0.6) is 0 Å². The summed E-state index contributed by atoms with van der Waals surface area (Å²) in [5.74, 6) is 3.35. The molecule has 0 radical (unpaired) electrons. The van der Waals surface area contributed by atoms with Crippen LogP contribution in [0.2, 0.25) is 0 Å². The van der Waals surface area contributed by atoms with E-state index in [9.17, 15) is 0 Å². The zero-order chi connectivity index (χ0) is 35.9. The Labute approximate surface area is 304 Å². The molecule has 0 saturated heterocycles. The van der Waals surface area contributed by atoms with Crippen LogP contribution >= 0.6 is 0 Å². The van der Waals surface area contributed by atoms with Crippen LogP contribution in [0.4, 0.5) is 0 Å². The lowest BCUT2D eigenvalue weighted by Gasteiger charge is -2.17. The van der Waals surface area contributed by atoms with Crippen molar-refractivity contribution in [2.24, 2.45) is 0 Å². The van der Waals surface area contributed by atoms with Gasteiger partial charge in [-0.2, -0.15) is 0 Å². The van der Waals surface area contributed by atoms with Crippen LogP contribution in [0.3, 0.4) is 0 Å². The highest BCUT2D eigenvalue weighted by molar-refractivity contribution is 5.03. The summed E-state index contributed by atoms with van der Waals surface area (Å²) in [6.07, 6.45) is 30.9. The number of ether oxygens (including phenoxy) is 7. The van der Waals surface area contributed by atoms with Gasteiger partial charge in [-0.05, 0) is 40.5 Å². The Kier molecular flexibility index (Phi) is 38.2. The molecule has 0 amide bonds. The maximum atomic E-state index is 5.99. The molecule has 0 N–H and O–H groups in total. The van der Waals surface area contributed by atoms with Crippen molar-refractivity contribution < 1.29 is 33.2 Å². The summed E-state index contributed by atoms with van der Waals surface area (Å²) in [7, 11) is 0. The highest BCUT2D eigenvalue weighted by Crippen LogP contribution is 2.20. The summed E-state index contributed by atoms with van der Waals surface area (Å²) in [6.45, 7) is 15.8. The predicted octanol–water partition coefficient (Wildman–Crippen LogP) is 12.9. The molecule has 0 rings (SSSR count). The Morgan fingerprint density at radius 3 is 0.837 bits per heavy atom. The molecule has 49 heavy (non-hydrogen) atoms. The van der Waals surface area contributed by atoms with E-state index in [-0.39, 0.29) is 13.6 Å². The third-order valence-corrected chi connectivity index (χ3v) is 8.71. The summed E-state index contributed by atoms with van der Waals surface area (Å²) < 4.78 is 41.1. The van der Waals surface area contributed by atoms with Gasteiger partial charge in [-0.1, -0.05) is 142 Å². The van der Waals surface area contributed by atoms with Gasteiger partial charge in [0.05, 0.1) is 26.4 Å². The minimum absolute atomic E-state index is 0.110. The van der Waals surface area contributed by atoms with Crippen LogP contribution < -0.4 is 0 Å². The lowest BCUT2D eigenvalue weighted by Crippen LogP contribution is -2.13. The largest absolute Gasteiger partial charge is 0.495 e. The first-order valence-electron chi connectivity index (χ1n) is 20.9. The fourth-order valence-electron chi connectivity index (χ4n) is 6.01. The van der Waals surface area contributed by atoms with Gasteiger partial charge in [0.1, 0.15) is 38.3 Å². The van der Waals surface area contributed by atoms with Crippen molar-refractivity contribution >= 4 is 0 Å². The normalized spacial score (nSPS) is 12.5. The number of allylic oxidation sites excluding steroid dienone is 2. The maximum Gasteiger partial charge on any atom is 0.159 e. The Bertz CT molecular complexity index is 677. The monoisotopic (exact) mass is 699 g/mol. The Morgan fingerprint density at radius 2 is 0.551 bits per heavy atom. The minimum Gasteiger partial charge on any atom is -0.495 e. The molecule has 7 nitrogen and oxygen atoms in total. The van der Waals surface area contributed by atoms with Crippen LogP contribution in [0.1, 0.15) is 196 Å². The smallest absolute Gasteiger partial charge is 0.159 e. The number of hydrogen-bond donors (Lipinski definition) is 0. The molecule has 0 aromatic heterocycles. The summed E-state index contributed by atoms with van der Waals surface area (Å²) in [5.41, 5.74) is 0. The van der Waals surface area contributed by atoms with Gasteiger partial charge in [0.15, 0.2) is 11.5 Å². The fourth-order valence-corrected chi connectivity index (χ4v) is 6.01. The van der Waals surface area contributed by atoms with Crippen molar-refractivity contribution in [1.82, 2.24) is 0 Å². The quantitative estimate of drug-likeness (QED) is 0.0358. The fraction of sp³-hybridized carbons (Fsp3) is 0.905. The zero-order valence-electron chi connectivity index (χ0n) is 33.5. The van der Waals surface area contributed by atoms with Crippen LogP contribution in [-0.2, 0) is 33.2 Å². The molecule has 0 spiro atoms. The first-order chi connectivity index (χ1) is 24.2. The van der Waals surface area contributed by atoms with E-state index in [2.05, 4.69) is 13.8 Å². The molecule has 0 aliphatic rings. The van der Waals surface area contributed by atoms with Gasteiger partial charge in [-0.3, -0.25) is 0 Å². The molecular weight excluding hydrogens is 616 g/mol. The molecule has 0 heterocycles. The predicted molar refractivity (Wildman–Crippen MR) is 205 cm³/mol. The Hall–Kier alpha value is -1.44. The van der Waals surface area contributed by atoms with Gasteiger partial charge in [0.2, 0.25) is 0 Å². The van der Waals surface area contributed by atoms with E-state index in [1.54, 1.807) is 0 Å². The highest BCUT2D eigenvalue weighted by Gasteiger charge is 2.12. The number of rotatable bonds is 40. The molecule has 292 valence electrons. The zero-order valence-corrected chi connectivity index (χ0v) is 33.5. The van der Waals surface area contributed by atoms with Gasteiger partial charge in [-0.25, -0.2) is 0 Å². The van der Waals surface area contributed by atoms with Crippen LogP contribution in [0.25, 0.3) is 0 Å². The van der Waals surface area contributed by atoms with Crippen molar-refractivity contribution in [3.8, 4) is 0 Å². The van der Waals surface area contributed by atoms with Gasteiger partial charge >= 0.3 is 0 Å². The van der Waals surface area contributed by atoms with Crippen molar-refractivity contribution in [1.29, 1.82) is 0 Å². The van der Waals surface area contributed by atoms with Crippen molar-refractivity contribution in [3.63, 3.8) is 0 Å². The molecule has 0 unspecified atom stereocenters. The average Bonchev–Trinajstić information content (AvgIpc) is 3.10. The standard InChI is InChI=1S/C42H82O7/c1-7-13-15-17-19-21-23-25-27-29-31-33-39(46-9-3)41(48-11-5)35-43-37-45-38-44-36-42(49-12-6)40(47-10-4)34-32-30-28-26-24-22-20-18-16-14-8-2/h7-38H2,1-6H3. The van der Waals surface area contributed by atoms with Crippen LogP contribution in [0.15, 0.2) is 23.0 Å². The van der Waals surface area contributed by atoms with Gasteiger partial charge in [0, 0.05) is 12.8 Å². The molecule has 0 aliphatic heterocycles. The van der Waals surface area contributed by atoms with Crippen molar-refractivity contribution in [2.75, 3.05) is 53.2 Å². The van der Waals surface area contributed by atoms with E-state index in [0.29, 0.717) is 39.6 Å². The highest BCUT2D eigenvalue weighted by atomic mass is 16.7.